The van der Waals surface area contributed by atoms with Gasteiger partial charge in [-0.05, 0) is 42.7 Å². The van der Waals surface area contributed by atoms with Crippen molar-refractivity contribution in [2.45, 2.75) is 32.6 Å². The van der Waals surface area contributed by atoms with Crippen LogP contribution in [0.5, 0.6) is 5.75 Å². The zero-order valence-corrected chi connectivity index (χ0v) is 14.9. The number of benzene rings is 2. The van der Waals surface area contributed by atoms with Gasteiger partial charge in [-0.2, -0.15) is 0 Å². The van der Waals surface area contributed by atoms with Crippen LogP contribution in [-0.2, 0) is 12.8 Å². The lowest BCUT2D eigenvalue weighted by Crippen LogP contribution is -2.04. The molecule has 1 N–H and O–H groups in total. The summed E-state index contributed by atoms with van der Waals surface area (Å²) in [6, 6.07) is 17.0. The average Bonchev–Trinajstić information content (AvgIpc) is 2.66. The third-order valence-corrected chi connectivity index (χ3v) is 4.37. The fourth-order valence-electron chi connectivity index (χ4n) is 2.89. The van der Waals surface area contributed by atoms with Crippen molar-refractivity contribution in [2.75, 3.05) is 6.61 Å². The number of hydrogen-bond donors (Lipinski definition) is 1. The Morgan fingerprint density at radius 1 is 1.08 bits per heavy atom. The molecule has 0 aliphatic rings. The summed E-state index contributed by atoms with van der Waals surface area (Å²) in [5.41, 5.74) is 3.38. The number of aromatic carboxylic acids is 1. The molecule has 134 valence electrons. The first-order valence-electron chi connectivity index (χ1n) is 9.01. The quantitative estimate of drug-likeness (QED) is 0.628. The van der Waals surface area contributed by atoms with Crippen LogP contribution in [0.2, 0.25) is 0 Å². The molecule has 0 amide bonds. The third-order valence-electron chi connectivity index (χ3n) is 4.37. The summed E-state index contributed by atoms with van der Waals surface area (Å²) < 4.78 is 6.07. The molecule has 0 fully saturated rings. The number of carboxylic acid groups (broad SMARTS) is 1. The smallest absolute Gasteiger partial charge is 0.335 e. The van der Waals surface area contributed by atoms with Crippen molar-refractivity contribution < 1.29 is 14.6 Å². The minimum atomic E-state index is -0.907. The maximum Gasteiger partial charge on any atom is 0.335 e. The molecule has 2 aromatic carbocycles. The number of para-hydroxylation sites is 1. The molecule has 26 heavy (non-hydrogen) atoms. The van der Waals surface area contributed by atoms with E-state index < -0.39 is 5.97 Å². The minimum absolute atomic E-state index is 0.301. The van der Waals surface area contributed by atoms with E-state index in [2.05, 4.69) is 6.92 Å². The van der Waals surface area contributed by atoms with Gasteiger partial charge in [0.2, 0.25) is 0 Å². The summed E-state index contributed by atoms with van der Waals surface area (Å²) >= 11 is 0. The monoisotopic (exact) mass is 349 g/mol. The molecule has 4 heteroatoms. The number of hydrogen-bond acceptors (Lipinski definition) is 3. The maximum absolute atomic E-state index is 10.9. The van der Waals surface area contributed by atoms with Crippen molar-refractivity contribution in [3.05, 3.63) is 71.4 Å². The number of aryl methyl sites for hydroxylation is 1. The molecule has 0 radical (unpaired) electrons. The molecule has 0 spiro atoms. The second-order valence-corrected chi connectivity index (χ2v) is 6.33. The van der Waals surface area contributed by atoms with Crippen molar-refractivity contribution >= 4 is 16.9 Å². The molecule has 0 unspecified atom stereocenters. The van der Waals surface area contributed by atoms with Gasteiger partial charge in [0.05, 0.1) is 17.7 Å². The average molecular weight is 349 g/mol. The van der Waals surface area contributed by atoms with Crippen LogP contribution in [0.25, 0.3) is 10.9 Å². The van der Waals surface area contributed by atoms with E-state index >= 15 is 0 Å². The van der Waals surface area contributed by atoms with Gasteiger partial charge in [-0.1, -0.05) is 37.6 Å². The lowest BCUT2D eigenvalue weighted by Gasteiger charge is -2.11. The number of unbranched alkanes of at least 4 members (excludes halogenated alkanes) is 1. The van der Waals surface area contributed by atoms with E-state index in [1.807, 2.05) is 42.5 Å². The Labute approximate surface area is 153 Å². The van der Waals surface area contributed by atoms with E-state index in [0.29, 0.717) is 12.2 Å². The van der Waals surface area contributed by atoms with Gasteiger partial charge in [-0.25, -0.2) is 4.79 Å². The van der Waals surface area contributed by atoms with Crippen molar-refractivity contribution in [3.8, 4) is 5.75 Å². The normalized spacial score (nSPS) is 10.8. The molecule has 4 nitrogen and oxygen atoms in total. The first-order chi connectivity index (χ1) is 12.7. The number of aromatic nitrogens is 1. The molecule has 1 heterocycles. The van der Waals surface area contributed by atoms with Crippen LogP contribution >= 0.6 is 0 Å². The highest BCUT2D eigenvalue weighted by atomic mass is 16.5. The largest absolute Gasteiger partial charge is 0.492 e. The fourth-order valence-corrected chi connectivity index (χ4v) is 2.89. The van der Waals surface area contributed by atoms with Gasteiger partial charge in [0.15, 0.2) is 0 Å². The van der Waals surface area contributed by atoms with Crippen molar-refractivity contribution in [1.29, 1.82) is 0 Å². The fraction of sp³-hybridized carbons (Fsp3) is 0.273. The Hall–Kier alpha value is -2.88. The molecular formula is C22H23NO3. The van der Waals surface area contributed by atoms with Crippen LogP contribution in [-0.4, -0.2) is 22.7 Å². The Bertz CT molecular complexity index is 888. The van der Waals surface area contributed by atoms with Crippen molar-refractivity contribution in [3.63, 3.8) is 0 Å². The molecule has 0 saturated carbocycles. The van der Waals surface area contributed by atoms with Gasteiger partial charge >= 0.3 is 5.97 Å². The molecule has 0 bridgehead atoms. The van der Waals surface area contributed by atoms with E-state index in [-0.39, 0.29) is 0 Å². The number of carbonyl (C=O) groups is 1. The molecular weight excluding hydrogens is 326 g/mol. The van der Waals surface area contributed by atoms with Gasteiger partial charge in [0.25, 0.3) is 0 Å². The molecule has 0 aliphatic heterocycles. The first kappa shape index (κ1) is 17.9. The van der Waals surface area contributed by atoms with Gasteiger partial charge in [-0.15, -0.1) is 0 Å². The van der Waals surface area contributed by atoms with Gasteiger partial charge in [0, 0.05) is 23.6 Å². The molecule has 1 aromatic heterocycles. The first-order valence-corrected chi connectivity index (χ1v) is 9.01. The van der Waals surface area contributed by atoms with E-state index in [1.165, 1.54) is 0 Å². The maximum atomic E-state index is 10.9. The molecule has 0 saturated heterocycles. The number of ether oxygens (including phenoxy) is 1. The minimum Gasteiger partial charge on any atom is -0.492 e. The SMILES string of the molecule is CCCCc1cc(OCCc2ccc(C(=O)O)cc2)c2ccccc2n1. The zero-order chi connectivity index (χ0) is 18.4. The van der Waals surface area contributed by atoms with Gasteiger partial charge < -0.3 is 9.84 Å². The Kier molecular flexibility index (Phi) is 5.84. The summed E-state index contributed by atoms with van der Waals surface area (Å²) in [6.07, 6.45) is 3.92. The van der Waals surface area contributed by atoms with Crippen LogP contribution < -0.4 is 4.74 Å². The molecule has 0 atom stereocenters. The Morgan fingerprint density at radius 2 is 1.85 bits per heavy atom. The topological polar surface area (TPSA) is 59.4 Å². The summed E-state index contributed by atoms with van der Waals surface area (Å²) in [5, 5.41) is 9.98. The van der Waals surface area contributed by atoms with Crippen molar-refractivity contribution in [1.82, 2.24) is 4.98 Å². The Morgan fingerprint density at radius 3 is 2.58 bits per heavy atom. The molecule has 3 rings (SSSR count). The predicted molar refractivity (Wildman–Crippen MR) is 103 cm³/mol. The highest BCUT2D eigenvalue weighted by Gasteiger charge is 2.07. The summed E-state index contributed by atoms with van der Waals surface area (Å²) in [6.45, 7) is 2.71. The standard InChI is InChI=1S/C22H23NO3/c1-2-3-6-18-15-21(19-7-4-5-8-20(19)23-18)26-14-13-16-9-11-17(12-10-16)22(24)25/h4-5,7-12,15H,2-3,6,13-14H2,1H3,(H,24,25). The Balaban J connectivity index is 1.72. The van der Waals surface area contributed by atoms with Gasteiger partial charge in [-0.3, -0.25) is 4.98 Å². The van der Waals surface area contributed by atoms with Crippen LogP contribution in [0, 0.1) is 0 Å². The zero-order valence-electron chi connectivity index (χ0n) is 14.9. The number of pyridine rings is 1. The number of rotatable bonds is 8. The van der Waals surface area contributed by atoms with Crippen LogP contribution in [0.4, 0.5) is 0 Å². The summed E-state index contributed by atoms with van der Waals surface area (Å²) in [7, 11) is 0. The lowest BCUT2D eigenvalue weighted by molar-refractivity contribution is 0.0697. The second-order valence-electron chi connectivity index (χ2n) is 6.33. The van der Waals surface area contributed by atoms with Crippen LogP contribution in [0.3, 0.4) is 0 Å². The van der Waals surface area contributed by atoms with E-state index in [1.54, 1.807) is 12.1 Å². The third kappa shape index (κ3) is 4.39. The van der Waals surface area contributed by atoms with E-state index in [0.717, 1.165) is 53.6 Å². The van der Waals surface area contributed by atoms with Crippen molar-refractivity contribution in [2.24, 2.45) is 0 Å². The predicted octanol–water partition coefficient (Wildman–Crippen LogP) is 4.90. The van der Waals surface area contributed by atoms with E-state index in [9.17, 15) is 4.79 Å². The molecule has 0 aliphatic carbocycles. The van der Waals surface area contributed by atoms with Crippen LogP contribution in [0.1, 0.15) is 41.4 Å². The highest BCUT2D eigenvalue weighted by molar-refractivity contribution is 5.87. The number of nitrogens with zero attached hydrogens (tertiary/aromatic N) is 1. The van der Waals surface area contributed by atoms with Crippen LogP contribution in [0.15, 0.2) is 54.6 Å². The highest BCUT2D eigenvalue weighted by Crippen LogP contribution is 2.26. The number of carboxylic acids is 1. The second kappa shape index (κ2) is 8.48. The summed E-state index contributed by atoms with van der Waals surface area (Å²) in [4.78, 5) is 15.6. The lowest BCUT2D eigenvalue weighted by atomic mass is 10.1. The van der Waals surface area contributed by atoms with Gasteiger partial charge in [0.1, 0.15) is 5.75 Å². The van der Waals surface area contributed by atoms with E-state index in [4.69, 9.17) is 14.8 Å². The number of fused-ring (bicyclic) bond motifs is 1. The summed E-state index contributed by atoms with van der Waals surface area (Å²) in [5.74, 6) is -0.0421. The molecule has 3 aromatic rings.